The molecular weight excluding hydrogens is 427 g/mol. The molecule has 0 aliphatic carbocycles. The topological polar surface area (TPSA) is 89.9 Å². The van der Waals surface area contributed by atoms with Crippen molar-refractivity contribution in [2.75, 3.05) is 19.6 Å². The molecule has 30 heavy (non-hydrogen) atoms. The first-order valence-corrected chi connectivity index (χ1v) is 10.3. The number of nitrogens with one attached hydrogen (secondary N) is 1. The lowest BCUT2D eigenvalue weighted by atomic mass is 10.1. The van der Waals surface area contributed by atoms with Crippen LogP contribution in [0, 0.1) is 0 Å². The third-order valence-electron chi connectivity index (χ3n) is 4.89. The van der Waals surface area contributed by atoms with Gasteiger partial charge in [-0.05, 0) is 36.1 Å². The van der Waals surface area contributed by atoms with Crippen molar-refractivity contribution < 1.29 is 19.8 Å². The van der Waals surface area contributed by atoms with Crippen molar-refractivity contribution in [2.24, 2.45) is 0 Å². The number of benzene rings is 2. The Labute approximate surface area is 184 Å². The van der Waals surface area contributed by atoms with Crippen LogP contribution in [0.4, 0.5) is 0 Å². The summed E-state index contributed by atoms with van der Waals surface area (Å²) in [6.45, 7) is 0.310. The molecule has 0 spiro atoms. The van der Waals surface area contributed by atoms with Crippen molar-refractivity contribution in [1.29, 1.82) is 0 Å². The molecule has 8 heteroatoms. The van der Waals surface area contributed by atoms with E-state index in [4.69, 9.17) is 23.2 Å². The molecule has 0 radical (unpaired) electrons. The Morgan fingerprint density at radius 3 is 2.57 bits per heavy atom. The fourth-order valence-electron chi connectivity index (χ4n) is 3.23. The molecule has 0 unspecified atom stereocenters. The molecule has 0 saturated heterocycles. The Morgan fingerprint density at radius 2 is 1.87 bits per heavy atom. The van der Waals surface area contributed by atoms with E-state index in [0.29, 0.717) is 35.0 Å². The van der Waals surface area contributed by atoms with Crippen molar-refractivity contribution >= 4 is 35.0 Å². The molecule has 2 aromatic rings. The molecule has 1 aliphatic heterocycles. The van der Waals surface area contributed by atoms with Gasteiger partial charge in [-0.25, -0.2) is 0 Å². The number of halogens is 2. The summed E-state index contributed by atoms with van der Waals surface area (Å²) in [7, 11) is 0. The quantitative estimate of drug-likeness (QED) is 0.539. The van der Waals surface area contributed by atoms with Gasteiger partial charge in [0.1, 0.15) is 0 Å². The van der Waals surface area contributed by atoms with Crippen LogP contribution in [0.5, 0.6) is 0 Å². The lowest BCUT2D eigenvalue weighted by Crippen LogP contribution is -2.33. The molecule has 0 saturated carbocycles. The molecule has 0 bridgehead atoms. The van der Waals surface area contributed by atoms with Crippen molar-refractivity contribution in [3.05, 3.63) is 81.0 Å². The van der Waals surface area contributed by atoms with Crippen LogP contribution < -0.4 is 5.32 Å². The van der Waals surface area contributed by atoms with E-state index in [1.807, 2.05) is 12.1 Å². The van der Waals surface area contributed by atoms with E-state index in [9.17, 15) is 19.8 Å². The van der Waals surface area contributed by atoms with E-state index in [-0.39, 0.29) is 18.7 Å². The van der Waals surface area contributed by atoms with Gasteiger partial charge in [0.05, 0.1) is 34.8 Å². The molecule has 2 aromatic carbocycles. The van der Waals surface area contributed by atoms with Crippen LogP contribution in [-0.4, -0.2) is 46.6 Å². The average molecular weight is 449 g/mol. The van der Waals surface area contributed by atoms with Crippen LogP contribution in [0.25, 0.3) is 0 Å². The number of amides is 2. The number of carbonyl (C=O) groups is 2. The van der Waals surface area contributed by atoms with Crippen LogP contribution in [0.3, 0.4) is 0 Å². The first-order valence-electron chi connectivity index (χ1n) is 9.53. The molecule has 158 valence electrons. The summed E-state index contributed by atoms with van der Waals surface area (Å²) in [5.74, 6) is -1.73. The number of hydrogen-bond donors (Lipinski definition) is 3. The van der Waals surface area contributed by atoms with E-state index < -0.39 is 23.7 Å². The second kappa shape index (κ2) is 9.98. The molecule has 3 rings (SSSR count). The van der Waals surface area contributed by atoms with Gasteiger partial charge in [-0.15, -0.1) is 0 Å². The lowest BCUT2D eigenvalue weighted by molar-refractivity contribution is -0.129. The van der Waals surface area contributed by atoms with Gasteiger partial charge in [0.15, 0.2) is 5.76 Å². The minimum atomic E-state index is -0.906. The predicted octanol–water partition coefficient (Wildman–Crippen LogP) is 3.43. The predicted molar refractivity (Wildman–Crippen MR) is 115 cm³/mol. The smallest absolute Gasteiger partial charge is 0.289 e. The van der Waals surface area contributed by atoms with Gasteiger partial charge in [0.2, 0.25) is 0 Å². The van der Waals surface area contributed by atoms with E-state index >= 15 is 0 Å². The molecule has 3 N–H and O–H groups in total. The largest absolute Gasteiger partial charge is 0.503 e. The van der Waals surface area contributed by atoms with E-state index in [2.05, 4.69) is 5.32 Å². The highest BCUT2D eigenvalue weighted by Gasteiger charge is 2.34. The first kappa shape index (κ1) is 22.2. The number of β-amino-alcohol motifs (C(OH)–C–C–N with tert-alkyl or cyclic N) is 1. The third kappa shape index (κ3) is 5.33. The maximum Gasteiger partial charge on any atom is 0.289 e. The van der Waals surface area contributed by atoms with Gasteiger partial charge in [-0.2, -0.15) is 0 Å². The van der Waals surface area contributed by atoms with Crippen LogP contribution in [-0.2, 0) is 16.0 Å². The molecule has 2 amide bonds. The van der Waals surface area contributed by atoms with Crippen molar-refractivity contribution in [2.45, 2.75) is 18.9 Å². The SMILES string of the molecule is O=C(NCCCc1ccc(Cl)c(Cl)c1)C1=C(O)C(=O)N(C[C@H](O)c2ccccc2)C1. The highest BCUT2D eigenvalue weighted by Crippen LogP contribution is 2.23. The normalized spacial score (nSPS) is 14.9. The van der Waals surface area contributed by atoms with Crippen LogP contribution in [0.15, 0.2) is 59.9 Å². The van der Waals surface area contributed by atoms with Crippen LogP contribution in [0.2, 0.25) is 10.0 Å². The van der Waals surface area contributed by atoms with Gasteiger partial charge < -0.3 is 20.4 Å². The van der Waals surface area contributed by atoms with Gasteiger partial charge in [0, 0.05) is 6.54 Å². The number of hydrogen-bond acceptors (Lipinski definition) is 4. The van der Waals surface area contributed by atoms with E-state index in [1.54, 1.807) is 36.4 Å². The van der Waals surface area contributed by atoms with E-state index in [0.717, 1.165) is 5.56 Å². The Bertz CT molecular complexity index is 963. The number of aliphatic hydroxyl groups is 2. The summed E-state index contributed by atoms with van der Waals surface area (Å²) < 4.78 is 0. The summed E-state index contributed by atoms with van der Waals surface area (Å²) in [4.78, 5) is 25.9. The zero-order valence-corrected chi connectivity index (χ0v) is 17.7. The van der Waals surface area contributed by atoms with Crippen molar-refractivity contribution in [3.8, 4) is 0 Å². The average Bonchev–Trinajstić information content (AvgIpc) is 3.02. The Kier molecular flexibility index (Phi) is 7.37. The van der Waals surface area contributed by atoms with Crippen molar-refractivity contribution in [1.82, 2.24) is 10.2 Å². The molecule has 6 nitrogen and oxygen atoms in total. The summed E-state index contributed by atoms with van der Waals surface area (Å²) in [5.41, 5.74) is 1.66. The first-order chi connectivity index (χ1) is 14.4. The van der Waals surface area contributed by atoms with Gasteiger partial charge >= 0.3 is 0 Å². The molecular formula is C22H22Cl2N2O4. The second-order valence-corrected chi connectivity index (χ2v) is 7.86. The molecule has 1 heterocycles. The third-order valence-corrected chi connectivity index (χ3v) is 5.63. The van der Waals surface area contributed by atoms with Gasteiger partial charge in [-0.1, -0.05) is 59.6 Å². The monoisotopic (exact) mass is 448 g/mol. The maximum absolute atomic E-state index is 12.4. The number of carbonyl (C=O) groups excluding carboxylic acids is 2. The molecule has 0 fully saturated rings. The highest BCUT2D eigenvalue weighted by atomic mass is 35.5. The Hall–Kier alpha value is -2.54. The summed E-state index contributed by atoms with van der Waals surface area (Å²) in [6, 6.07) is 14.3. The molecule has 1 aliphatic rings. The number of aryl methyl sites for hydroxylation is 1. The Balaban J connectivity index is 1.49. The van der Waals surface area contributed by atoms with E-state index in [1.165, 1.54) is 4.90 Å². The Morgan fingerprint density at radius 1 is 1.13 bits per heavy atom. The highest BCUT2D eigenvalue weighted by molar-refractivity contribution is 6.42. The van der Waals surface area contributed by atoms with Gasteiger partial charge in [-0.3, -0.25) is 9.59 Å². The fraction of sp³-hybridized carbons (Fsp3) is 0.273. The summed E-state index contributed by atoms with van der Waals surface area (Å²) >= 11 is 11.9. The zero-order chi connectivity index (χ0) is 21.7. The fourth-order valence-corrected chi connectivity index (χ4v) is 3.55. The number of nitrogens with zero attached hydrogens (tertiary/aromatic N) is 1. The molecule has 0 aromatic heterocycles. The number of aliphatic hydroxyl groups excluding tert-OH is 2. The number of rotatable bonds is 8. The summed E-state index contributed by atoms with van der Waals surface area (Å²) in [6.07, 6.45) is 0.440. The van der Waals surface area contributed by atoms with Crippen molar-refractivity contribution in [3.63, 3.8) is 0 Å². The van der Waals surface area contributed by atoms with Crippen LogP contribution in [0.1, 0.15) is 23.7 Å². The molecule has 1 atom stereocenters. The summed E-state index contributed by atoms with van der Waals surface area (Å²) in [5, 5.41) is 24.1. The standard InChI is InChI=1S/C22H22Cl2N2O4/c23-17-9-8-14(11-18(17)24)5-4-10-25-21(29)16-12-26(22(30)20(16)28)13-19(27)15-6-2-1-3-7-15/h1-3,6-9,11,19,27-28H,4-5,10,12-13H2,(H,25,29)/t19-/m0/s1. The second-order valence-electron chi connectivity index (χ2n) is 7.05. The zero-order valence-electron chi connectivity index (χ0n) is 16.1. The van der Waals surface area contributed by atoms with Crippen LogP contribution >= 0.6 is 23.2 Å². The maximum atomic E-state index is 12.4. The van der Waals surface area contributed by atoms with Gasteiger partial charge in [0.25, 0.3) is 11.8 Å². The minimum absolute atomic E-state index is 0.00907. The lowest BCUT2D eigenvalue weighted by Gasteiger charge is -2.20. The minimum Gasteiger partial charge on any atom is -0.503 e.